The Bertz CT molecular complexity index is 1380. The number of amides is 1. The first-order chi connectivity index (χ1) is 17.9. The monoisotopic (exact) mass is 538 g/mol. The maximum absolute atomic E-state index is 14.2. The first-order valence-electron chi connectivity index (χ1n) is 12.9. The minimum Gasteiger partial charge on any atom is -0.507 e. The highest BCUT2D eigenvalue weighted by molar-refractivity contribution is 6.33. The molecule has 10 nitrogen and oxygen atoms in total. The predicted molar refractivity (Wildman–Crippen MR) is 139 cm³/mol. The average Bonchev–Trinajstić information content (AvgIpc) is 2.80. The van der Waals surface area contributed by atoms with Crippen molar-refractivity contribution >= 4 is 40.9 Å². The molecule has 208 valence electrons. The van der Waals surface area contributed by atoms with Crippen molar-refractivity contribution in [3.05, 3.63) is 34.9 Å². The van der Waals surface area contributed by atoms with E-state index in [0.29, 0.717) is 11.1 Å². The third kappa shape index (κ3) is 3.76. The van der Waals surface area contributed by atoms with Gasteiger partial charge in [-0.15, -0.1) is 0 Å². The number of phenolic OH excluding ortho intramolecular Hbond substituents is 1. The Balaban J connectivity index is 1.94. The fourth-order valence-electron chi connectivity index (χ4n) is 7.26. The molecule has 0 heterocycles. The highest BCUT2D eigenvalue weighted by Gasteiger charge is 2.76. The number of nitrogens with two attached hydrogens (primary N) is 1. The van der Waals surface area contributed by atoms with Crippen molar-refractivity contribution in [1.82, 2.24) is 4.90 Å². The molecule has 4 N–H and O–H groups in total. The van der Waals surface area contributed by atoms with Gasteiger partial charge in [0, 0.05) is 11.3 Å². The molecule has 2 fully saturated rings. The number of aliphatic hydroxyl groups is 1. The van der Waals surface area contributed by atoms with Gasteiger partial charge in [0.15, 0.2) is 40.4 Å². The third-order valence-corrected chi connectivity index (χ3v) is 8.90. The van der Waals surface area contributed by atoms with Crippen LogP contribution >= 0.6 is 0 Å². The first kappa shape index (κ1) is 28.5. The quantitative estimate of drug-likeness (QED) is 0.363. The number of carbonyl (C=O) groups is 6. The number of aromatic hydroxyl groups is 1. The molecular weight excluding hydrogens is 504 g/mol. The average molecular weight is 539 g/mol. The van der Waals surface area contributed by atoms with Crippen LogP contribution in [0.5, 0.6) is 5.75 Å². The van der Waals surface area contributed by atoms with Gasteiger partial charge in [0.1, 0.15) is 5.75 Å². The Morgan fingerprint density at radius 3 is 2.26 bits per heavy atom. The zero-order valence-electron chi connectivity index (χ0n) is 22.9. The number of carbonyl (C=O) groups excluding carboxylic acids is 6. The molecule has 2 unspecified atom stereocenters. The molecule has 0 aromatic heterocycles. The van der Waals surface area contributed by atoms with E-state index in [0.717, 1.165) is 0 Å². The molecule has 0 spiro atoms. The zero-order valence-corrected chi connectivity index (χ0v) is 22.9. The van der Waals surface area contributed by atoms with Gasteiger partial charge in [-0.2, -0.15) is 0 Å². The molecule has 0 saturated heterocycles. The number of phenols is 1. The lowest BCUT2D eigenvalue weighted by Crippen LogP contribution is -2.79. The van der Waals surface area contributed by atoms with E-state index in [2.05, 4.69) is 0 Å². The van der Waals surface area contributed by atoms with E-state index in [1.807, 2.05) is 0 Å². The van der Waals surface area contributed by atoms with E-state index in [1.165, 1.54) is 38.1 Å². The van der Waals surface area contributed by atoms with Crippen LogP contribution in [0.1, 0.15) is 55.6 Å². The topological polar surface area (TPSA) is 172 Å². The van der Waals surface area contributed by atoms with Crippen LogP contribution in [0.3, 0.4) is 0 Å². The van der Waals surface area contributed by atoms with Crippen LogP contribution in [0.15, 0.2) is 18.2 Å². The number of primary amides is 1. The molecule has 2 saturated carbocycles. The fraction of sp³-hybridized carbons (Fsp3) is 0.517. The number of Topliss-reactive ketones (excluding diaryl/α,β-unsaturated/α-hetero) is 4. The van der Waals surface area contributed by atoms with E-state index < -0.39 is 63.3 Å². The SMILES string of the molecule is CC(C)C(=O)C=Cc1ccc(O)c2c1C[C@@]1(C)C[C@@]3(C)[C@H](N(C)C)C(=O)C(C(N)=O)C(=O)[C@@]3(O)C(=O)C1C2=O. The van der Waals surface area contributed by atoms with Gasteiger partial charge in [-0.1, -0.05) is 39.8 Å². The highest BCUT2D eigenvalue weighted by atomic mass is 16.3. The number of hydrogen-bond acceptors (Lipinski definition) is 9. The van der Waals surface area contributed by atoms with Gasteiger partial charge in [0.2, 0.25) is 5.91 Å². The van der Waals surface area contributed by atoms with Gasteiger partial charge in [0.25, 0.3) is 0 Å². The lowest BCUT2D eigenvalue weighted by Gasteiger charge is -2.61. The fourth-order valence-corrected chi connectivity index (χ4v) is 7.26. The van der Waals surface area contributed by atoms with Crippen LogP contribution in [0.4, 0.5) is 0 Å². The van der Waals surface area contributed by atoms with Crippen molar-refractivity contribution in [2.24, 2.45) is 34.3 Å². The van der Waals surface area contributed by atoms with Crippen molar-refractivity contribution in [2.75, 3.05) is 14.1 Å². The minimum absolute atomic E-state index is 0.0852. The second-order valence-electron chi connectivity index (χ2n) is 12.2. The number of ketones is 5. The Labute approximate surface area is 226 Å². The summed E-state index contributed by atoms with van der Waals surface area (Å²) in [5, 5.41) is 22.6. The molecule has 3 aliphatic carbocycles. The van der Waals surface area contributed by atoms with Crippen LogP contribution < -0.4 is 5.73 Å². The molecule has 3 aliphatic rings. The van der Waals surface area contributed by atoms with Crippen LogP contribution in [-0.2, 0) is 30.4 Å². The lowest BCUT2D eigenvalue weighted by molar-refractivity contribution is -0.203. The molecule has 4 rings (SSSR count). The number of nitrogens with zero attached hydrogens (tertiary/aromatic N) is 1. The van der Waals surface area contributed by atoms with Crippen molar-refractivity contribution in [2.45, 2.75) is 52.2 Å². The number of hydrogen-bond donors (Lipinski definition) is 3. The third-order valence-electron chi connectivity index (χ3n) is 8.90. The number of allylic oxidation sites excluding steroid dienone is 1. The van der Waals surface area contributed by atoms with Crippen molar-refractivity contribution in [3.8, 4) is 5.75 Å². The number of fused-ring (bicyclic) bond motifs is 3. The Hall–Kier alpha value is -3.50. The van der Waals surface area contributed by atoms with Gasteiger partial charge < -0.3 is 15.9 Å². The zero-order chi connectivity index (χ0) is 29.4. The predicted octanol–water partition coefficient (Wildman–Crippen LogP) is 0.885. The van der Waals surface area contributed by atoms with E-state index in [-0.39, 0.29) is 35.9 Å². The molecule has 0 radical (unpaired) electrons. The van der Waals surface area contributed by atoms with Crippen LogP contribution in [0, 0.1) is 28.6 Å². The van der Waals surface area contributed by atoms with E-state index >= 15 is 0 Å². The molecule has 39 heavy (non-hydrogen) atoms. The summed E-state index contributed by atoms with van der Waals surface area (Å²) in [7, 11) is 3.07. The molecule has 0 aliphatic heterocycles. The van der Waals surface area contributed by atoms with Crippen LogP contribution in [-0.4, -0.2) is 75.7 Å². The summed E-state index contributed by atoms with van der Waals surface area (Å²) in [6.07, 6.45) is 2.94. The summed E-state index contributed by atoms with van der Waals surface area (Å²) in [6, 6.07) is 1.63. The lowest BCUT2D eigenvalue weighted by atomic mass is 9.42. The maximum Gasteiger partial charge on any atom is 0.235 e. The largest absolute Gasteiger partial charge is 0.507 e. The van der Waals surface area contributed by atoms with Crippen LogP contribution in [0.2, 0.25) is 0 Å². The van der Waals surface area contributed by atoms with E-state index in [4.69, 9.17) is 5.73 Å². The maximum atomic E-state index is 14.2. The Morgan fingerprint density at radius 2 is 1.72 bits per heavy atom. The van der Waals surface area contributed by atoms with Gasteiger partial charge in [-0.05, 0) is 55.6 Å². The molecular formula is C29H34N2O8. The molecule has 10 heteroatoms. The summed E-state index contributed by atoms with van der Waals surface area (Å²) >= 11 is 0. The smallest absolute Gasteiger partial charge is 0.235 e. The summed E-state index contributed by atoms with van der Waals surface area (Å²) in [6.45, 7) is 6.63. The molecule has 6 atom stereocenters. The first-order valence-corrected chi connectivity index (χ1v) is 12.9. The second kappa shape index (κ2) is 9.02. The number of rotatable bonds is 5. The molecule has 1 aromatic rings. The minimum atomic E-state index is -2.84. The highest BCUT2D eigenvalue weighted by Crippen LogP contribution is 2.61. The van der Waals surface area contributed by atoms with E-state index in [1.54, 1.807) is 32.9 Å². The number of likely N-dealkylation sites (N-methyl/N-ethyl adjacent to an activating group) is 1. The van der Waals surface area contributed by atoms with Crippen molar-refractivity contribution in [1.29, 1.82) is 0 Å². The molecule has 1 aromatic carbocycles. The van der Waals surface area contributed by atoms with Crippen molar-refractivity contribution < 1.29 is 39.0 Å². The normalized spacial score (nSPS) is 34.3. The Morgan fingerprint density at radius 1 is 1.10 bits per heavy atom. The van der Waals surface area contributed by atoms with Gasteiger partial charge in [-0.3, -0.25) is 33.7 Å². The van der Waals surface area contributed by atoms with E-state index in [9.17, 15) is 39.0 Å². The van der Waals surface area contributed by atoms with Crippen molar-refractivity contribution in [3.63, 3.8) is 0 Å². The molecule has 1 amide bonds. The molecule has 0 bridgehead atoms. The summed E-state index contributed by atoms with van der Waals surface area (Å²) in [5.41, 5.74) is 0.490. The summed E-state index contributed by atoms with van der Waals surface area (Å²) in [4.78, 5) is 81.0. The van der Waals surface area contributed by atoms with Gasteiger partial charge >= 0.3 is 0 Å². The van der Waals surface area contributed by atoms with Crippen LogP contribution in [0.25, 0.3) is 6.08 Å². The van der Waals surface area contributed by atoms with Gasteiger partial charge in [0.05, 0.1) is 17.5 Å². The summed E-state index contributed by atoms with van der Waals surface area (Å²) in [5.74, 6) is -9.62. The second-order valence-corrected chi connectivity index (χ2v) is 12.2. The van der Waals surface area contributed by atoms with Gasteiger partial charge in [-0.25, -0.2) is 0 Å². The number of benzene rings is 1. The summed E-state index contributed by atoms with van der Waals surface area (Å²) < 4.78 is 0. The Kier molecular flexibility index (Phi) is 6.60. The standard InChI is InChI=1S/C29H34N2O8/c1-13(2)16(32)9-7-14-8-10-17(33)18-15(14)11-27(3)12-28(4)23(31(5)6)22(35)19(26(30)38)24(36)29(28,39)25(37)20(27)21(18)34/h7-10,13,19-20,23,33,39H,11-12H2,1-6H3,(H2,30,38)/t19?,20?,23-,27+,28+,29-/m1/s1.